The molecule has 0 bridgehead atoms. The largest absolute Gasteiger partial charge is 0.380 e. The summed E-state index contributed by atoms with van der Waals surface area (Å²) >= 11 is 3.32. The van der Waals surface area contributed by atoms with Crippen LogP contribution >= 0.6 is 15.9 Å². The van der Waals surface area contributed by atoms with E-state index in [0.717, 1.165) is 16.2 Å². The molecular weight excluding hydrogens is 307 g/mol. The van der Waals surface area contributed by atoms with Crippen LogP contribution in [0.2, 0.25) is 0 Å². The summed E-state index contributed by atoms with van der Waals surface area (Å²) in [6.07, 6.45) is 0. The lowest BCUT2D eigenvalue weighted by Crippen LogP contribution is -2.04. The molecule has 0 heterocycles. The Morgan fingerprint density at radius 2 is 1.61 bits per heavy atom. The van der Waals surface area contributed by atoms with Gasteiger partial charge < -0.3 is 5.32 Å². The standard InChI is InChI=1S/C13H9BrF3N/c14-9-3-1-2-4-13(9)18-7-8-5-11(16)12(17)6-10(8)15/h1-6,18H,7H2. The van der Waals surface area contributed by atoms with E-state index in [2.05, 4.69) is 21.2 Å². The molecule has 0 radical (unpaired) electrons. The maximum absolute atomic E-state index is 13.4. The third-order valence-electron chi connectivity index (χ3n) is 2.43. The molecule has 0 aromatic heterocycles. The molecule has 0 saturated heterocycles. The molecule has 94 valence electrons. The molecule has 0 aliphatic heterocycles. The number of rotatable bonds is 3. The second-order valence-electron chi connectivity index (χ2n) is 3.69. The minimum absolute atomic E-state index is 0.0738. The zero-order valence-corrected chi connectivity index (χ0v) is 10.8. The van der Waals surface area contributed by atoms with Crippen LogP contribution in [-0.4, -0.2) is 0 Å². The summed E-state index contributed by atoms with van der Waals surface area (Å²) in [7, 11) is 0. The second kappa shape index (κ2) is 5.44. The van der Waals surface area contributed by atoms with E-state index in [1.54, 1.807) is 6.07 Å². The first-order chi connectivity index (χ1) is 8.58. The molecular formula is C13H9BrF3N. The molecule has 18 heavy (non-hydrogen) atoms. The lowest BCUT2D eigenvalue weighted by molar-refractivity contribution is 0.490. The van der Waals surface area contributed by atoms with Crippen LogP contribution in [0.4, 0.5) is 18.9 Å². The van der Waals surface area contributed by atoms with E-state index >= 15 is 0 Å². The van der Waals surface area contributed by atoms with Crippen LogP contribution in [0.5, 0.6) is 0 Å². The van der Waals surface area contributed by atoms with Crippen molar-refractivity contribution >= 4 is 21.6 Å². The van der Waals surface area contributed by atoms with Crippen LogP contribution in [0.1, 0.15) is 5.56 Å². The summed E-state index contributed by atoms with van der Waals surface area (Å²) in [4.78, 5) is 0. The minimum Gasteiger partial charge on any atom is -0.380 e. The number of hydrogen-bond acceptors (Lipinski definition) is 1. The molecule has 0 amide bonds. The van der Waals surface area contributed by atoms with Gasteiger partial charge in [0.2, 0.25) is 0 Å². The number of anilines is 1. The molecule has 5 heteroatoms. The average molecular weight is 316 g/mol. The van der Waals surface area contributed by atoms with Crippen LogP contribution in [0.3, 0.4) is 0 Å². The molecule has 0 atom stereocenters. The SMILES string of the molecule is Fc1cc(F)c(CNc2ccccc2Br)cc1F. The summed E-state index contributed by atoms with van der Waals surface area (Å²) in [5.41, 5.74) is 0.825. The molecule has 0 saturated carbocycles. The fraction of sp³-hybridized carbons (Fsp3) is 0.0769. The lowest BCUT2D eigenvalue weighted by atomic mass is 10.2. The summed E-state index contributed by atoms with van der Waals surface area (Å²) in [6, 6.07) is 8.68. The van der Waals surface area contributed by atoms with Gasteiger partial charge in [0.05, 0.1) is 0 Å². The second-order valence-corrected chi connectivity index (χ2v) is 4.55. The molecule has 1 nitrogen and oxygen atoms in total. The van der Waals surface area contributed by atoms with Crippen molar-refractivity contribution in [3.8, 4) is 0 Å². The molecule has 0 aliphatic carbocycles. The molecule has 0 aliphatic rings. The lowest BCUT2D eigenvalue weighted by Gasteiger charge is -2.09. The van der Waals surface area contributed by atoms with E-state index in [4.69, 9.17) is 0 Å². The van der Waals surface area contributed by atoms with Gasteiger partial charge in [-0.1, -0.05) is 12.1 Å². The minimum atomic E-state index is -1.18. The van der Waals surface area contributed by atoms with Gasteiger partial charge in [0.25, 0.3) is 0 Å². The van der Waals surface area contributed by atoms with Gasteiger partial charge in [0.15, 0.2) is 11.6 Å². The highest BCUT2D eigenvalue weighted by molar-refractivity contribution is 9.10. The van der Waals surface area contributed by atoms with Gasteiger partial charge in [0.1, 0.15) is 5.82 Å². The first kappa shape index (κ1) is 13.0. The average Bonchev–Trinajstić information content (AvgIpc) is 2.34. The van der Waals surface area contributed by atoms with Crippen molar-refractivity contribution < 1.29 is 13.2 Å². The van der Waals surface area contributed by atoms with Gasteiger partial charge in [-0.25, -0.2) is 13.2 Å². The van der Waals surface area contributed by atoms with E-state index in [1.807, 2.05) is 18.2 Å². The Kier molecular flexibility index (Phi) is 3.91. The normalized spacial score (nSPS) is 10.4. The Bertz CT molecular complexity index is 572. The highest BCUT2D eigenvalue weighted by Gasteiger charge is 2.09. The quantitative estimate of drug-likeness (QED) is 0.823. The Balaban J connectivity index is 2.16. The Morgan fingerprint density at radius 3 is 2.33 bits per heavy atom. The molecule has 2 aromatic rings. The number of nitrogens with one attached hydrogen (secondary N) is 1. The van der Waals surface area contributed by atoms with Gasteiger partial charge in [-0.05, 0) is 34.1 Å². The molecule has 0 unspecified atom stereocenters. The van der Waals surface area contributed by atoms with Crippen LogP contribution in [0.25, 0.3) is 0 Å². The first-order valence-electron chi connectivity index (χ1n) is 5.20. The zero-order chi connectivity index (χ0) is 13.1. The van der Waals surface area contributed by atoms with Gasteiger partial charge in [-0.15, -0.1) is 0 Å². The van der Waals surface area contributed by atoms with Crippen molar-refractivity contribution in [2.24, 2.45) is 0 Å². The van der Waals surface area contributed by atoms with E-state index < -0.39 is 17.5 Å². The fourth-order valence-corrected chi connectivity index (χ4v) is 1.92. The predicted octanol–water partition coefficient (Wildman–Crippen LogP) is 4.48. The van der Waals surface area contributed by atoms with E-state index in [9.17, 15) is 13.2 Å². The van der Waals surface area contributed by atoms with Crippen molar-refractivity contribution in [2.75, 3.05) is 5.32 Å². The van der Waals surface area contributed by atoms with Crippen molar-refractivity contribution in [3.05, 3.63) is 63.9 Å². The molecule has 0 spiro atoms. The van der Waals surface area contributed by atoms with E-state index in [1.165, 1.54) is 0 Å². The van der Waals surface area contributed by atoms with Gasteiger partial charge in [-0.2, -0.15) is 0 Å². The fourth-order valence-electron chi connectivity index (χ4n) is 1.49. The number of para-hydroxylation sites is 1. The molecule has 1 N–H and O–H groups in total. The topological polar surface area (TPSA) is 12.0 Å². The third-order valence-corrected chi connectivity index (χ3v) is 3.12. The van der Waals surface area contributed by atoms with Crippen LogP contribution in [0, 0.1) is 17.5 Å². The van der Waals surface area contributed by atoms with Crippen molar-refractivity contribution in [3.63, 3.8) is 0 Å². The highest BCUT2D eigenvalue weighted by Crippen LogP contribution is 2.22. The molecule has 2 aromatic carbocycles. The zero-order valence-electron chi connectivity index (χ0n) is 9.18. The Labute approximate surface area is 111 Å². The summed E-state index contributed by atoms with van der Waals surface area (Å²) in [5.74, 6) is -3.01. The highest BCUT2D eigenvalue weighted by atomic mass is 79.9. The Morgan fingerprint density at radius 1 is 0.944 bits per heavy atom. The van der Waals surface area contributed by atoms with Crippen LogP contribution in [0.15, 0.2) is 40.9 Å². The summed E-state index contributed by atoms with van der Waals surface area (Å²) < 4.78 is 39.9. The van der Waals surface area contributed by atoms with Crippen LogP contribution in [-0.2, 0) is 6.54 Å². The first-order valence-corrected chi connectivity index (χ1v) is 5.99. The van der Waals surface area contributed by atoms with Crippen molar-refractivity contribution in [1.29, 1.82) is 0 Å². The molecule has 0 fully saturated rings. The van der Waals surface area contributed by atoms with E-state index in [0.29, 0.717) is 6.07 Å². The monoisotopic (exact) mass is 315 g/mol. The van der Waals surface area contributed by atoms with Crippen molar-refractivity contribution in [1.82, 2.24) is 0 Å². The maximum atomic E-state index is 13.4. The van der Waals surface area contributed by atoms with E-state index in [-0.39, 0.29) is 12.1 Å². The van der Waals surface area contributed by atoms with Gasteiger partial charge in [-0.3, -0.25) is 0 Å². The molecule has 2 rings (SSSR count). The summed E-state index contributed by atoms with van der Waals surface area (Å²) in [5, 5.41) is 2.94. The summed E-state index contributed by atoms with van der Waals surface area (Å²) in [6.45, 7) is 0.0750. The van der Waals surface area contributed by atoms with Crippen LogP contribution < -0.4 is 5.32 Å². The Hall–Kier alpha value is -1.49. The maximum Gasteiger partial charge on any atom is 0.161 e. The third kappa shape index (κ3) is 2.85. The van der Waals surface area contributed by atoms with Gasteiger partial charge in [0, 0.05) is 28.3 Å². The smallest absolute Gasteiger partial charge is 0.161 e. The number of halogens is 4. The number of hydrogen-bond donors (Lipinski definition) is 1. The number of benzene rings is 2. The van der Waals surface area contributed by atoms with Crippen molar-refractivity contribution in [2.45, 2.75) is 6.54 Å². The van der Waals surface area contributed by atoms with Gasteiger partial charge >= 0.3 is 0 Å². The predicted molar refractivity (Wildman–Crippen MR) is 67.8 cm³/mol.